The second-order valence-electron chi connectivity index (χ2n) is 5.16. The molecule has 2 N–H and O–H groups in total. The molecule has 1 aromatic carbocycles. The Morgan fingerprint density at radius 1 is 1.39 bits per heavy atom. The maximum absolute atomic E-state index is 5.99. The normalized spacial score (nSPS) is 21.9. The van der Waals surface area contributed by atoms with Crippen LogP contribution in [0.2, 0.25) is 0 Å². The molecule has 1 aliphatic heterocycles. The Labute approximate surface area is 115 Å². The monoisotopic (exact) mass is 264 g/mol. The maximum Gasteiger partial charge on any atom is 0.0369 e. The summed E-state index contributed by atoms with van der Waals surface area (Å²) < 4.78 is 0. The lowest BCUT2D eigenvalue weighted by Crippen LogP contribution is -2.40. The lowest BCUT2D eigenvalue weighted by atomic mass is 10.0. The molecule has 0 amide bonds. The van der Waals surface area contributed by atoms with Crippen molar-refractivity contribution in [2.45, 2.75) is 38.8 Å². The van der Waals surface area contributed by atoms with Crippen LogP contribution in [0, 0.1) is 0 Å². The highest BCUT2D eigenvalue weighted by molar-refractivity contribution is 7.99. The van der Waals surface area contributed by atoms with Gasteiger partial charge in [0.1, 0.15) is 0 Å². The third-order valence-electron chi connectivity index (χ3n) is 3.66. The van der Waals surface area contributed by atoms with E-state index in [1.165, 1.54) is 29.3 Å². The second-order valence-corrected chi connectivity index (χ2v) is 6.31. The average molecular weight is 264 g/mol. The predicted molar refractivity (Wildman–Crippen MR) is 82.5 cm³/mol. The fraction of sp³-hybridized carbons (Fsp3) is 0.600. The van der Waals surface area contributed by atoms with Crippen LogP contribution < -0.4 is 10.6 Å². The lowest BCUT2D eigenvalue weighted by molar-refractivity contribution is 0.646. The van der Waals surface area contributed by atoms with Gasteiger partial charge in [-0.3, -0.25) is 0 Å². The molecule has 1 aliphatic rings. The van der Waals surface area contributed by atoms with Gasteiger partial charge < -0.3 is 10.6 Å². The largest absolute Gasteiger partial charge is 0.367 e. The fourth-order valence-corrected chi connectivity index (χ4v) is 3.39. The van der Waals surface area contributed by atoms with Crippen molar-refractivity contribution >= 4 is 17.4 Å². The molecular weight excluding hydrogens is 240 g/mol. The number of hydrogen-bond donors (Lipinski definition) is 1. The van der Waals surface area contributed by atoms with E-state index < -0.39 is 0 Å². The molecule has 2 nitrogen and oxygen atoms in total. The van der Waals surface area contributed by atoms with E-state index in [4.69, 9.17) is 5.73 Å². The highest BCUT2D eigenvalue weighted by Crippen LogP contribution is 2.24. The Morgan fingerprint density at radius 2 is 2.11 bits per heavy atom. The van der Waals surface area contributed by atoms with Crippen LogP contribution in [0.4, 0.5) is 5.69 Å². The summed E-state index contributed by atoms with van der Waals surface area (Å²) in [7, 11) is 0. The summed E-state index contributed by atoms with van der Waals surface area (Å²) in [6, 6.07) is 9.92. The van der Waals surface area contributed by atoms with Gasteiger partial charge >= 0.3 is 0 Å². The number of rotatable bonds is 4. The standard InChI is InChI=1S/C15H24N2S/c1-3-14(16)10-13-4-6-15(7-5-13)17-8-9-18-11-12(17)2/h4-7,12,14H,3,8-11,16H2,1-2H3. The van der Waals surface area contributed by atoms with Crippen LogP contribution in [-0.2, 0) is 6.42 Å². The quantitative estimate of drug-likeness (QED) is 0.906. The highest BCUT2D eigenvalue weighted by Gasteiger charge is 2.18. The molecule has 1 saturated heterocycles. The van der Waals surface area contributed by atoms with Crippen molar-refractivity contribution in [3.63, 3.8) is 0 Å². The molecule has 2 atom stereocenters. The van der Waals surface area contributed by atoms with Crippen LogP contribution in [0.25, 0.3) is 0 Å². The van der Waals surface area contributed by atoms with Crippen molar-refractivity contribution in [1.29, 1.82) is 0 Å². The molecule has 0 saturated carbocycles. The van der Waals surface area contributed by atoms with Gasteiger partial charge in [0.25, 0.3) is 0 Å². The third kappa shape index (κ3) is 3.42. The van der Waals surface area contributed by atoms with E-state index in [2.05, 4.69) is 54.8 Å². The van der Waals surface area contributed by atoms with Gasteiger partial charge in [-0.25, -0.2) is 0 Å². The molecule has 1 fully saturated rings. The van der Waals surface area contributed by atoms with Gasteiger partial charge in [-0.2, -0.15) is 11.8 Å². The number of anilines is 1. The van der Waals surface area contributed by atoms with Crippen molar-refractivity contribution in [3.8, 4) is 0 Å². The van der Waals surface area contributed by atoms with E-state index in [-0.39, 0.29) is 0 Å². The molecule has 0 aliphatic carbocycles. The molecule has 0 aromatic heterocycles. The maximum atomic E-state index is 5.99. The van der Waals surface area contributed by atoms with Crippen molar-refractivity contribution in [1.82, 2.24) is 0 Å². The Bertz CT molecular complexity index is 363. The zero-order valence-electron chi connectivity index (χ0n) is 11.4. The van der Waals surface area contributed by atoms with Gasteiger partial charge in [-0.15, -0.1) is 0 Å². The summed E-state index contributed by atoms with van der Waals surface area (Å²) in [6.07, 6.45) is 2.03. The first kappa shape index (κ1) is 13.8. The highest BCUT2D eigenvalue weighted by atomic mass is 32.2. The van der Waals surface area contributed by atoms with E-state index in [9.17, 15) is 0 Å². The van der Waals surface area contributed by atoms with Crippen LogP contribution in [-0.4, -0.2) is 30.1 Å². The first-order chi connectivity index (χ1) is 8.70. The van der Waals surface area contributed by atoms with Crippen molar-refractivity contribution in [2.24, 2.45) is 5.73 Å². The first-order valence-corrected chi connectivity index (χ1v) is 8.05. The molecule has 1 aromatic rings. The van der Waals surface area contributed by atoms with Gasteiger partial charge in [0.05, 0.1) is 0 Å². The van der Waals surface area contributed by atoms with Gasteiger partial charge in [-0.05, 0) is 37.5 Å². The minimum Gasteiger partial charge on any atom is -0.367 e. The van der Waals surface area contributed by atoms with Gasteiger partial charge in [-0.1, -0.05) is 19.1 Å². The number of nitrogens with zero attached hydrogens (tertiary/aromatic N) is 1. The minimum atomic E-state index is 0.293. The van der Waals surface area contributed by atoms with Crippen molar-refractivity contribution in [2.75, 3.05) is 23.0 Å². The van der Waals surface area contributed by atoms with E-state index in [1.54, 1.807) is 0 Å². The average Bonchev–Trinajstić information content (AvgIpc) is 2.40. The molecular formula is C15H24N2S. The topological polar surface area (TPSA) is 29.3 Å². The summed E-state index contributed by atoms with van der Waals surface area (Å²) in [5.74, 6) is 2.48. The Hall–Kier alpha value is -0.670. The van der Waals surface area contributed by atoms with Crippen LogP contribution >= 0.6 is 11.8 Å². The molecule has 18 heavy (non-hydrogen) atoms. The van der Waals surface area contributed by atoms with Crippen LogP contribution in [0.1, 0.15) is 25.8 Å². The second kappa shape index (κ2) is 6.48. The van der Waals surface area contributed by atoms with Crippen LogP contribution in [0.5, 0.6) is 0 Å². The zero-order chi connectivity index (χ0) is 13.0. The van der Waals surface area contributed by atoms with E-state index in [1.807, 2.05) is 0 Å². The SMILES string of the molecule is CCC(N)Cc1ccc(N2CCSCC2C)cc1. The summed E-state index contributed by atoms with van der Waals surface area (Å²) in [5, 5.41) is 0. The zero-order valence-corrected chi connectivity index (χ0v) is 12.2. The van der Waals surface area contributed by atoms with Gasteiger partial charge in [0.15, 0.2) is 0 Å². The van der Waals surface area contributed by atoms with Crippen molar-refractivity contribution < 1.29 is 0 Å². The van der Waals surface area contributed by atoms with Gasteiger partial charge in [0, 0.05) is 35.8 Å². The lowest BCUT2D eigenvalue weighted by Gasteiger charge is -2.35. The van der Waals surface area contributed by atoms with E-state index in [0.29, 0.717) is 12.1 Å². The van der Waals surface area contributed by atoms with Crippen LogP contribution in [0.3, 0.4) is 0 Å². The predicted octanol–water partition coefficient (Wildman–Crippen LogP) is 2.91. The third-order valence-corrected chi connectivity index (χ3v) is 4.85. The minimum absolute atomic E-state index is 0.293. The fourth-order valence-electron chi connectivity index (χ4n) is 2.38. The number of hydrogen-bond acceptors (Lipinski definition) is 3. The molecule has 0 spiro atoms. The Balaban J connectivity index is 2.02. The number of nitrogens with two attached hydrogens (primary N) is 1. The molecule has 1 heterocycles. The number of benzene rings is 1. The Morgan fingerprint density at radius 3 is 2.72 bits per heavy atom. The van der Waals surface area contributed by atoms with Crippen molar-refractivity contribution in [3.05, 3.63) is 29.8 Å². The summed E-state index contributed by atoms with van der Waals surface area (Å²) in [4.78, 5) is 2.51. The summed E-state index contributed by atoms with van der Waals surface area (Å²) in [5.41, 5.74) is 8.71. The first-order valence-electron chi connectivity index (χ1n) is 6.89. The number of thioether (sulfide) groups is 1. The summed E-state index contributed by atoms with van der Waals surface area (Å²) >= 11 is 2.06. The smallest absolute Gasteiger partial charge is 0.0369 e. The molecule has 0 radical (unpaired) electrons. The molecule has 100 valence electrons. The summed E-state index contributed by atoms with van der Waals surface area (Å²) in [6.45, 7) is 5.62. The van der Waals surface area contributed by atoms with Crippen LogP contribution in [0.15, 0.2) is 24.3 Å². The Kier molecular flexibility index (Phi) is 4.95. The van der Waals surface area contributed by atoms with Gasteiger partial charge in [0.2, 0.25) is 0 Å². The molecule has 3 heteroatoms. The molecule has 0 bridgehead atoms. The van der Waals surface area contributed by atoms with E-state index in [0.717, 1.165) is 12.8 Å². The molecule has 2 unspecified atom stereocenters. The molecule has 2 rings (SSSR count). The van der Waals surface area contributed by atoms with E-state index >= 15 is 0 Å².